The van der Waals surface area contributed by atoms with Gasteiger partial charge in [-0.3, -0.25) is 0 Å². The lowest BCUT2D eigenvalue weighted by molar-refractivity contribution is -0.116. The number of hydrogen-bond donors (Lipinski definition) is 2. The van der Waals surface area contributed by atoms with E-state index >= 15 is 0 Å². The van der Waals surface area contributed by atoms with E-state index in [1.807, 2.05) is 13.7 Å². The van der Waals surface area contributed by atoms with Crippen LogP contribution in [0.2, 0.25) is 0 Å². The van der Waals surface area contributed by atoms with Crippen molar-refractivity contribution < 1.29 is 19.8 Å². The first-order valence-electron chi connectivity index (χ1n) is 4.32. The molecule has 0 saturated heterocycles. The van der Waals surface area contributed by atoms with Gasteiger partial charge < -0.3 is 19.8 Å². The van der Waals surface area contributed by atoms with Gasteiger partial charge in [-0.25, -0.2) is 0 Å². The van der Waals surface area contributed by atoms with E-state index in [4.69, 9.17) is 15.0 Å². The minimum absolute atomic E-state index is 0.0880. The third kappa shape index (κ3) is 12.2. The molecule has 0 aromatic heterocycles. The molecule has 1 rings (SSSR count). The van der Waals surface area contributed by atoms with Gasteiger partial charge in [0, 0.05) is 12.5 Å². The van der Waals surface area contributed by atoms with Gasteiger partial charge in [0.1, 0.15) is 24.1 Å². The average Bonchev–Trinajstić information content (AvgIpc) is 2.21. The second-order valence-corrected chi connectivity index (χ2v) is 2.58. The van der Waals surface area contributed by atoms with E-state index in [9.17, 15) is 4.79 Å². The molecule has 4 nitrogen and oxygen atoms in total. The van der Waals surface area contributed by atoms with Crippen molar-refractivity contribution in [2.45, 2.75) is 20.3 Å². The van der Waals surface area contributed by atoms with Crippen molar-refractivity contribution in [3.8, 4) is 11.5 Å². The molecule has 2 N–H and O–H groups in total. The number of phenols is 2. The number of hydrogen-bond acceptors (Lipinski definition) is 4. The summed E-state index contributed by atoms with van der Waals surface area (Å²) in [5.41, 5.74) is 0. The molecule has 0 heterocycles. The van der Waals surface area contributed by atoms with Gasteiger partial charge in [0.05, 0.1) is 0 Å². The predicted octanol–water partition coefficient (Wildman–Crippen LogP) is 1.90. The van der Waals surface area contributed by atoms with Crippen molar-refractivity contribution in [3.05, 3.63) is 24.3 Å². The van der Waals surface area contributed by atoms with E-state index in [1.54, 1.807) is 13.0 Å². The van der Waals surface area contributed by atoms with Crippen molar-refractivity contribution in [1.29, 1.82) is 0 Å². The summed E-state index contributed by atoms with van der Waals surface area (Å²) in [6, 6.07) is 5.85. The Labute approximate surface area is 89.2 Å². The molecule has 4 heteroatoms. The Morgan fingerprint density at radius 1 is 1.27 bits per heavy atom. The van der Waals surface area contributed by atoms with Crippen molar-refractivity contribution in [2.75, 3.05) is 0 Å². The standard InChI is InChI=1S/C6H6O2.C4H8O.CH2O/c7-5-2-1-3-6(8)4-5;1-3-4(2)5;1-2/h1-4,7-8H;3H2,1-2H3;1H2. The first kappa shape index (κ1) is 15.6. The molecule has 0 bridgehead atoms. The Morgan fingerprint density at radius 3 is 1.73 bits per heavy atom. The fourth-order valence-corrected chi connectivity index (χ4v) is 0.493. The van der Waals surface area contributed by atoms with E-state index in [2.05, 4.69) is 0 Å². The van der Waals surface area contributed by atoms with E-state index in [1.165, 1.54) is 18.2 Å². The van der Waals surface area contributed by atoms with Crippen molar-refractivity contribution >= 4 is 12.6 Å². The predicted molar refractivity (Wildman–Crippen MR) is 57.9 cm³/mol. The highest BCUT2D eigenvalue weighted by Crippen LogP contribution is 2.14. The van der Waals surface area contributed by atoms with Gasteiger partial charge in [0.15, 0.2) is 0 Å². The molecule has 0 fully saturated rings. The molecule has 0 amide bonds. The molecule has 0 atom stereocenters. The van der Waals surface area contributed by atoms with Crippen LogP contribution in [0.4, 0.5) is 0 Å². The average molecular weight is 212 g/mol. The highest BCUT2D eigenvalue weighted by molar-refractivity contribution is 5.74. The molecule has 15 heavy (non-hydrogen) atoms. The maximum Gasteiger partial charge on any atom is 0.129 e. The lowest BCUT2D eigenvalue weighted by atomic mass is 10.3. The van der Waals surface area contributed by atoms with Crippen LogP contribution < -0.4 is 0 Å². The molecule has 84 valence electrons. The van der Waals surface area contributed by atoms with Gasteiger partial charge in [0.25, 0.3) is 0 Å². The maximum atomic E-state index is 9.81. The number of rotatable bonds is 1. The Morgan fingerprint density at radius 2 is 1.60 bits per heavy atom. The van der Waals surface area contributed by atoms with Crippen molar-refractivity contribution in [3.63, 3.8) is 0 Å². The molecule has 0 aliphatic rings. The zero-order valence-electron chi connectivity index (χ0n) is 8.93. The van der Waals surface area contributed by atoms with Crippen molar-refractivity contribution in [1.82, 2.24) is 0 Å². The Bertz CT molecular complexity index is 266. The third-order valence-electron chi connectivity index (χ3n) is 1.33. The zero-order chi connectivity index (χ0) is 12.3. The Hall–Kier alpha value is -1.84. The van der Waals surface area contributed by atoms with E-state index in [0.29, 0.717) is 6.42 Å². The van der Waals surface area contributed by atoms with Gasteiger partial charge in [-0.05, 0) is 19.1 Å². The third-order valence-corrected chi connectivity index (χ3v) is 1.33. The van der Waals surface area contributed by atoms with Gasteiger partial charge >= 0.3 is 0 Å². The molecule has 0 spiro atoms. The molecule has 0 aliphatic carbocycles. The highest BCUT2D eigenvalue weighted by atomic mass is 16.3. The summed E-state index contributed by atoms with van der Waals surface area (Å²) in [6.07, 6.45) is 0.667. The first-order chi connectivity index (χ1) is 7.06. The van der Waals surface area contributed by atoms with Gasteiger partial charge in [-0.2, -0.15) is 0 Å². The lowest BCUT2D eigenvalue weighted by Crippen LogP contribution is -1.80. The Balaban J connectivity index is 0. The summed E-state index contributed by atoms with van der Waals surface area (Å²) in [5.74, 6) is 0.431. The van der Waals surface area contributed by atoms with Crippen LogP contribution in [0.3, 0.4) is 0 Å². The number of aromatic hydroxyl groups is 2. The molecule has 0 radical (unpaired) electrons. The van der Waals surface area contributed by atoms with Crippen LogP contribution >= 0.6 is 0 Å². The molecule has 0 unspecified atom stereocenters. The summed E-state index contributed by atoms with van der Waals surface area (Å²) >= 11 is 0. The van der Waals surface area contributed by atoms with Crippen LogP contribution in [0.15, 0.2) is 24.3 Å². The largest absolute Gasteiger partial charge is 0.508 e. The zero-order valence-corrected chi connectivity index (χ0v) is 8.93. The minimum Gasteiger partial charge on any atom is -0.508 e. The normalized spacial score (nSPS) is 7.60. The number of ketones is 1. The van der Waals surface area contributed by atoms with Crippen LogP contribution in [0, 0.1) is 0 Å². The molecule has 1 aromatic carbocycles. The van der Waals surface area contributed by atoms with Crippen molar-refractivity contribution in [2.24, 2.45) is 0 Å². The smallest absolute Gasteiger partial charge is 0.129 e. The topological polar surface area (TPSA) is 74.6 Å². The monoisotopic (exact) mass is 212 g/mol. The van der Waals surface area contributed by atoms with Crippen LogP contribution in [0.5, 0.6) is 11.5 Å². The van der Waals surface area contributed by atoms with Gasteiger partial charge in [-0.1, -0.05) is 13.0 Å². The summed E-state index contributed by atoms with van der Waals surface area (Å²) in [7, 11) is 0. The number of Topliss-reactive ketones (excluding diaryl/α,β-unsaturated/α-hetero) is 1. The second-order valence-electron chi connectivity index (χ2n) is 2.58. The summed E-state index contributed by atoms with van der Waals surface area (Å²) in [5, 5.41) is 17.3. The minimum atomic E-state index is 0.0880. The number of phenolic OH excluding ortho intramolecular Hbond substituents is 2. The molecule has 0 aliphatic heterocycles. The van der Waals surface area contributed by atoms with E-state index in [0.717, 1.165) is 0 Å². The maximum absolute atomic E-state index is 9.81. The molecule has 0 saturated carbocycles. The first-order valence-corrected chi connectivity index (χ1v) is 4.32. The quantitative estimate of drug-likeness (QED) is 0.745. The summed E-state index contributed by atoms with van der Waals surface area (Å²) < 4.78 is 0. The lowest BCUT2D eigenvalue weighted by Gasteiger charge is -1.89. The van der Waals surface area contributed by atoms with Crippen LogP contribution in [-0.4, -0.2) is 22.8 Å². The number of carbonyl (C=O) groups excluding carboxylic acids is 2. The number of benzene rings is 1. The number of carbonyl (C=O) groups is 2. The van der Waals surface area contributed by atoms with Crippen LogP contribution in [-0.2, 0) is 9.59 Å². The van der Waals surface area contributed by atoms with Crippen LogP contribution in [0.25, 0.3) is 0 Å². The van der Waals surface area contributed by atoms with Crippen LogP contribution in [0.1, 0.15) is 20.3 Å². The Kier molecular flexibility index (Phi) is 10.7. The van der Waals surface area contributed by atoms with E-state index in [-0.39, 0.29) is 17.3 Å². The highest BCUT2D eigenvalue weighted by Gasteiger charge is 1.85. The fraction of sp³-hybridized carbons (Fsp3) is 0.273. The molecular weight excluding hydrogens is 196 g/mol. The second kappa shape index (κ2) is 10.2. The molecule has 1 aromatic rings. The summed E-state index contributed by atoms with van der Waals surface area (Å²) in [4.78, 5) is 17.8. The molecular formula is C11H16O4. The van der Waals surface area contributed by atoms with Gasteiger partial charge in [0.2, 0.25) is 0 Å². The fourth-order valence-electron chi connectivity index (χ4n) is 0.493. The van der Waals surface area contributed by atoms with Gasteiger partial charge in [-0.15, -0.1) is 0 Å². The SMILES string of the molecule is C=O.CCC(C)=O.Oc1cccc(O)c1. The van der Waals surface area contributed by atoms with E-state index < -0.39 is 0 Å². The summed E-state index contributed by atoms with van der Waals surface area (Å²) in [6.45, 7) is 5.43.